The van der Waals surface area contributed by atoms with Gasteiger partial charge in [0.15, 0.2) is 0 Å². The Balaban J connectivity index is 1.86. The summed E-state index contributed by atoms with van der Waals surface area (Å²) in [6, 6.07) is 9.22. The fourth-order valence-electron chi connectivity index (χ4n) is 2.15. The van der Waals surface area contributed by atoms with Crippen LogP contribution in [-0.2, 0) is 9.53 Å². The minimum atomic E-state index is -1.27. The van der Waals surface area contributed by atoms with Crippen molar-refractivity contribution in [2.75, 3.05) is 6.61 Å². The van der Waals surface area contributed by atoms with Crippen molar-refractivity contribution in [2.24, 2.45) is 0 Å². The molecule has 2 N–H and O–H groups in total. The lowest BCUT2D eigenvalue weighted by Gasteiger charge is -2.15. The number of aromatic nitrogens is 3. The Morgan fingerprint density at radius 1 is 1.25 bits per heavy atom. The summed E-state index contributed by atoms with van der Waals surface area (Å²) >= 11 is 0. The molecule has 0 aliphatic rings. The van der Waals surface area contributed by atoms with E-state index in [1.807, 2.05) is 37.3 Å². The maximum Gasteiger partial charge on any atom is 0.305 e. The number of ether oxygens (including phenoxy) is 1. The molecule has 1 heterocycles. The maximum absolute atomic E-state index is 11.5. The lowest BCUT2D eigenvalue weighted by molar-refractivity contribution is -0.149. The summed E-state index contributed by atoms with van der Waals surface area (Å²) in [4.78, 5) is 12.9. The molecule has 7 heteroatoms. The molecule has 0 aliphatic heterocycles. The fourth-order valence-corrected chi connectivity index (χ4v) is 2.15. The Bertz CT molecular complexity index is 630. The molecule has 0 aliphatic carbocycles. The van der Waals surface area contributed by atoms with E-state index in [-0.39, 0.29) is 18.3 Å². The molecule has 1 aromatic carbocycles. The lowest BCUT2D eigenvalue weighted by Crippen LogP contribution is -2.26. The van der Waals surface area contributed by atoms with E-state index in [9.17, 15) is 15.0 Å². The number of aliphatic hydroxyl groups is 2. The van der Waals surface area contributed by atoms with E-state index in [1.165, 1.54) is 11.0 Å². The number of carbonyl (C=O) groups excluding carboxylic acids is 1. The van der Waals surface area contributed by atoms with Crippen LogP contribution >= 0.6 is 0 Å². The monoisotopic (exact) mass is 333 g/mol. The Labute approximate surface area is 140 Å². The topological polar surface area (TPSA) is 97.5 Å². The highest BCUT2D eigenvalue weighted by Crippen LogP contribution is 2.15. The Kier molecular flexibility index (Phi) is 6.89. The Morgan fingerprint density at radius 2 is 2.00 bits per heavy atom. The summed E-state index contributed by atoms with van der Waals surface area (Å²) in [5.41, 5.74) is 0.959. The van der Waals surface area contributed by atoms with Gasteiger partial charge in [0.1, 0.15) is 24.5 Å². The molecule has 7 nitrogen and oxygen atoms in total. The number of unbranched alkanes of at least 4 members (excludes halogenated alkanes) is 2. The molecule has 0 unspecified atom stereocenters. The third-order valence-corrected chi connectivity index (χ3v) is 3.56. The van der Waals surface area contributed by atoms with Gasteiger partial charge < -0.3 is 14.9 Å². The summed E-state index contributed by atoms with van der Waals surface area (Å²) < 4.78 is 4.98. The van der Waals surface area contributed by atoms with Crippen molar-refractivity contribution < 1.29 is 19.7 Å². The highest BCUT2D eigenvalue weighted by molar-refractivity contribution is 5.69. The normalized spacial score (nSPS) is 13.5. The molecule has 130 valence electrons. The first-order valence-corrected chi connectivity index (χ1v) is 8.11. The van der Waals surface area contributed by atoms with Crippen LogP contribution in [-0.4, -0.2) is 43.9 Å². The average molecular weight is 333 g/mol. The third-order valence-electron chi connectivity index (χ3n) is 3.56. The van der Waals surface area contributed by atoms with E-state index >= 15 is 0 Å². The van der Waals surface area contributed by atoms with Crippen LogP contribution in [0.1, 0.15) is 44.4 Å². The van der Waals surface area contributed by atoms with E-state index in [0.29, 0.717) is 6.42 Å². The Morgan fingerprint density at radius 3 is 2.71 bits per heavy atom. The van der Waals surface area contributed by atoms with E-state index in [1.54, 1.807) is 0 Å². The lowest BCUT2D eigenvalue weighted by atomic mass is 10.1. The zero-order valence-corrected chi connectivity index (χ0v) is 13.7. The number of nitrogens with zero attached hydrogens (tertiary/aromatic N) is 3. The van der Waals surface area contributed by atoms with Crippen molar-refractivity contribution in [1.82, 2.24) is 15.0 Å². The molecular formula is C17H23N3O4. The average Bonchev–Trinajstić information content (AvgIpc) is 3.10. The van der Waals surface area contributed by atoms with Crippen LogP contribution in [0.2, 0.25) is 0 Å². The van der Waals surface area contributed by atoms with E-state index in [0.717, 1.165) is 24.9 Å². The number of benzene rings is 1. The molecule has 0 radical (unpaired) electrons. The van der Waals surface area contributed by atoms with Gasteiger partial charge >= 0.3 is 5.97 Å². The van der Waals surface area contributed by atoms with Crippen molar-refractivity contribution in [3.05, 3.63) is 42.2 Å². The standard InChI is InChI=1S/C17H23N3O4/c1-2-3-5-10-16(22)24-12-15(21)17(23)14-11-18-20(19-14)13-8-6-4-7-9-13/h4,6-9,11,15,17,21,23H,2-3,5,10,12H2,1H3/t15-,17+/m1/s1. The summed E-state index contributed by atoms with van der Waals surface area (Å²) in [7, 11) is 0. The summed E-state index contributed by atoms with van der Waals surface area (Å²) in [6.07, 6.45) is 1.92. The molecule has 0 spiro atoms. The maximum atomic E-state index is 11.5. The van der Waals surface area contributed by atoms with Gasteiger partial charge in [0.25, 0.3) is 0 Å². The first-order valence-electron chi connectivity index (χ1n) is 8.11. The van der Waals surface area contributed by atoms with Crippen molar-refractivity contribution in [2.45, 2.75) is 44.8 Å². The van der Waals surface area contributed by atoms with Crippen LogP contribution in [0.3, 0.4) is 0 Å². The van der Waals surface area contributed by atoms with Gasteiger partial charge in [-0.2, -0.15) is 15.0 Å². The molecule has 24 heavy (non-hydrogen) atoms. The van der Waals surface area contributed by atoms with Crippen molar-refractivity contribution in [3.8, 4) is 5.69 Å². The predicted octanol–water partition coefficient (Wildman–Crippen LogP) is 1.79. The molecule has 0 saturated carbocycles. The van der Waals surface area contributed by atoms with Gasteiger partial charge in [-0.05, 0) is 18.6 Å². The number of esters is 1. The number of hydrogen-bond donors (Lipinski definition) is 2. The zero-order valence-electron chi connectivity index (χ0n) is 13.7. The van der Waals surface area contributed by atoms with E-state index < -0.39 is 12.2 Å². The molecule has 2 atom stereocenters. The largest absolute Gasteiger partial charge is 0.463 e. The fraction of sp³-hybridized carbons (Fsp3) is 0.471. The molecule has 2 aromatic rings. The van der Waals surface area contributed by atoms with Gasteiger partial charge in [0.05, 0.1) is 11.9 Å². The summed E-state index contributed by atoms with van der Waals surface area (Å²) in [5, 5.41) is 28.3. The van der Waals surface area contributed by atoms with Crippen molar-refractivity contribution in [1.29, 1.82) is 0 Å². The number of carbonyl (C=O) groups is 1. The zero-order chi connectivity index (χ0) is 17.4. The van der Waals surface area contributed by atoms with Crippen LogP contribution < -0.4 is 0 Å². The van der Waals surface area contributed by atoms with E-state index in [4.69, 9.17) is 4.74 Å². The molecule has 1 aromatic heterocycles. The molecule has 0 fully saturated rings. The van der Waals surface area contributed by atoms with Gasteiger partial charge in [-0.25, -0.2) is 0 Å². The minimum Gasteiger partial charge on any atom is -0.463 e. The van der Waals surface area contributed by atoms with Gasteiger partial charge in [0.2, 0.25) is 0 Å². The van der Waals surface area contributed by atoms with Crippen LogP contribution in [0.5, 0.6) is 0 Å². The van der Waals surface area contributed by atoms with Crippen molar-refractivity contribution >= 4 is 5.97 Å². The van der Waals surface area contributed by atoms with Crippen LogP contribution in [0.4, 0.5) is 0 Å². The van der Waals surface area contributed by atoms with E-state index in [2.05, 4.69) is 10.2 Å². The number of rotatable bonds is 9. The second-order valence-corrected chi connectivity index (χ2v) is 5.55. The molecule has 0 bridgehead atoms. The summed E-state index contributed by atoms with van der Waals surface area (Å²) in [5.74, 6) is -0.373. The highest BCUT2D eigenvalue weighted by Gasteiger charge is 2.23. The SMILES string of the molecule is CCCCCC(=O)OC[C@@H](O)[C@@H](O)c1cnn(-c2ccccc2)n1. The second kappa shape index (κ2) is 9.14. The van der Waals surface area contributed by atoms with Crippen LogP contribution in [0.25, 0.3) is 5.69 Å². The molecule has 0 saturated heterocycles. The molecule has 2 rings (SSSR count). The van der Waals surface area contributed by atoms with Crippen LogP contribution in [0, 0.1) is 0 Å². The highest BCUT2D eigenvalue weighted by atomic mass is 16.5. The number of hydrogen-bond acceptors (Lipinski definition) is 6. The van der Waals surface area contributed by atoms with Gasteiger partial charge in [0, 0.05) is 6.42 Å². The first-order chi connectivity index (χ1) is 11.6. The molecular weight excluding hydrogens is 310 g/mol. The quantitative estimate of drug-likeness (QED) is 0.536. The smallest absolute Gasteiger partial charge is 0.305 e. The predicted molar refractivity (Wildman–Crippen MR) is 87.4 cm³/mol. The Hall–Kier alpha value is -2.25. The van der Waals surface area contributed by atoms with Crippen molar-refractivity contribution in [3.63, 3.8) is 0 Å². The minimum absolute atomic E-state index is 0.216. The first kappa shape index (κ1) is 18.1. The second-order valence-electron chi connectivity index (χ2n) is 5.55. The van der Waals surface area contributed by atoms with Gasteiger partial charge in [-0.3, -0.25) is 4.79 Å². The van der Waals surface area contributed by atoms with Gasteiger partial charge in [-0.15, -0.1) is 0 Å². The number of para-hydroxylation sites is 1. The summed E-state index contributed by atoms with van der Waals surface area (Å²) in [6.45, 7) is 1.78. The van der Waals surface area contributed by atoms with Crippen LogP contribution in [0.15, 0.2) is 36.5 Å². The third kappa shape index (κ3) is 5.14. The number of aliphatic hydroxyl groups excluding tert-OH is 2. The van der Waals surface area contributed by atoms with Gasteiger partial charge in [-0.1, -0.05) is 38.0 Å². The molecule has 0 amide bonds.